The predicted molar refractivity (Wildman–Crippen MR) is 279 cm³/mol. The third kappa shape index (κ3) is 12.5. The van der Waals surface area contributed by atoms with Crippen LogP contribution >= 0.6 is 0 Å². The highest BCUT2D eigenvalue weighted by Crippen LogP contribution is 2.52. The van der Waals surface area contributed by atoms with Gasteiger partial charge in [0.25, 0.3) is 5.91 Å². The van der Waals surface area contributed by atoms with Crippen LogP contribution in [-0.2, 0) is 28.6 Å². The number of rotatable bonds is 9. The van der Waals surface area contributed by atoms with Gasteiger partial charge in [0.2, 0.25) is 5.78 Å². The van der Waals surface area contributed by atoms with Crippen molar-refractivity contribution in [1.82, 2.24) is 9.80 Å². The van der Waals surface area contributed by atoms with Crippen LogP contribution in [0.1, 0.15) is 137 Å². The fourth-order valence-corrected chi connectivity index (χ4v) is 11.7. The van der Waals surface area contributed by atoms with E-state index in [1.807, 2.05) is 53.0 Å². The first kappa shape index (κ1) is 55.6. The number of ether oxygens (including phenoxy) is 4. The van der Waals surface area contributed by atoms with Gasteiger partial charge in [-0.1, -0.05) is 71.9 Å². The molecule has 1 amide bonds. The highest BCUT2D eigenvalue weighted by molar-refractivity contribution is 6.22. The van der Waals surface area contributed by atoms with Gasteiger partial charge >= 0.3 is 11.9 Å². The number of phenolic OH excluding ortho intramolecular Hbond substituents is 2. The van der Waals surface area contributed by atoms with Crippen LogP contribution in [0, 0.1) is 42.4 Å². The maximum atomic E-state index is 15.0. The number of likely N-dealkylation sites (tertiary alicyclic amines) is 2. The monoisotopic (exact) mass is 1010 g/mol. The lowest BCUT2D eigenvalue weighted by atomic mass is 9.79. The second-order valence-corrected chi connectivity index (χ2v) is 23.2. The molecule has 0 aliphatic carbocycles. The molecule has 6 aliphatic rings. The Labute approximate surface area is 431 Å². The number of phenols is 2. The smallest absolute Gasteiger partial charge is 0.317 e. The summed E-state index contributed by atoms with van der Waals surface area (Å²) < 4.78 is 24.8. The van der Waals surface area contributed by atoms with E-state index in [9.17, 15) is 29.7 Å². The van der Waals surface area contributed by atoms with Crippen molar-refractivity contribution in [3.8, 4) is 17.2 Å². The molecule has 8 rings (SSSR count). The molecule has 4 N–H and O–H groups in total. The van der Waals surface area contributed by atoms with Crippen LogP contribution in [0.5, 0.6) is 17.2 Å². The van der Waals surface area contributed by atoms with Crippen molar-refractivity contribution in [3.63, 3.8) is 0 Å². The highest BCUT2D eigenvalue weighted by atomic mass is 16.6. The lowest BCUT2D eigenvalue weighted by Gasteiger charge is -2.40. The van der Waals surface area contributed by atoms with Gasteiger partial charge in [-0.25, -0.2) is 4.99 Å². The Hall–Kier alpha value is -5.16. The summed E-state index contributed by atoms with van der Waals surface area (Å²) in [6, 6.07) is 0. The van der Waals surface area contributed by atoms with Crippen LogP contribution in [0.2, 0.25) is 0 Å². The van der Waals surface area contributed by atoms with E-state index >= 15 is 4.79 Å². The van der Waals surface area contributed by atoms with Crippen molar-refractivity contribution in [2.45, 2.75) is 157 Å². The molecule has 16 heteroatoms. The van der Waals surface area contributed by atoms with Gasteiger partial charge in [-0.15, -0.1) is 0 Å². The summed E-state index contributed by atoms with van der Waals surface area (Å²) in [6.07, 6.45) is 11.5. The summed E-state index contributed by atoms with van der Waals surface area (Å²) >= 11 is 0. The number of carbonyl (C=O) groups is 4. The lowest BCUT2D eigenvalue weighted by molar-refractivity contribution is -0.237. The van der Waals surface area contributed by atoms with Crippen LogP contribution < -0.4 is 20.8 Å². The molecular formula is C57H81N5O11. The van der Waals surface area contributed by atoms with Crippen molar-refractivity contribution in [3.05, 3.63) is 57.8 Å². The van der Waals surface area contributed by atoms with Gasteiger partial charge in [-0.2, -0.15) is 0 Å². The van der Waals surface area contributed by atoms with Gasteiger partial charge in [0.15, 0.2) is 17.1 Å². The minimum atomic E-state index is -1.54. The molecule has 2 aromatic carbocycles. The Morgan fingerprint density at radius 1 is 0.973 bits per heavy atom. The first-order valence-corrected chi connectivity index (χ1v) is 26.6. The molecule has 5 bridgehead atoms. The summed E-state index contributed by atoms with van der Waals surface area (Å²) in [7, 11) is 2.04. The number of nitrogens with zero attached hydrogens (tertiary/aromatic N) is 4. The van der Waals surface area contributed by atoms with E-state index in [1.165, 1.54) is 0 Å². The Morgan fingerprint density at radius 3 is 2.36 bits per heavy atom. The van der Waals surface area contributed by atoms with Gasteiger partial charge in [0.05, 0.1) is 29.3 Å². The van der Waals surface area contributed by atoms with Crippen molar-refractivity contribution in [1.29, 1.82) is 0 Å². The molecule has 73 heavy (non-hydrogen) atoms. The zero-order chi connectivity index (χ0) is 53.3. The van der Waals surface area contributed by atoms with Crippen LogP contribution in [0.3, 0.4) is 0 Å². The molecule has 1 unspecified atom stereocenters. The number of Topliss-reactive ketones (excluding diaryl/α,β-unsaturated/α-hetero) is 1. The van der Waals surface area contributed by atoms with Gasteiger partial charge in [-0.3, -0.25) is 24.2 Å². The van der Waals surface area contributed by atoms with E-state index in [1.54, 1.807) is 46.8 Å². The Kier molecular flexibility index (Phi) is 17.0. The van der Waals surface area contributed by atoms with E-state index in [4.69, 9.17) is 23.9 Å². The number of hydrogen-bond donors (Lipinski definition) is 4. The molecule has 8 atom stereocenters. The fraction of sp³-hybridized carbons (Fsp3) is 0.649. The SMILES string of the molecule is C/C1=C/C=C/[C@H](C)C[C@@H](C)[C@@H](OC(C)(C)O)[C@@H](C)[C@H](OC(=O)CC(=O)OCC2CCCN(C)C2)[C@H](C)C/C=C/C[C@@]2(C)Oc3c(C)c(O)c4c(O)c(c5c(c4c3C2=O)NC2(CCN(CC(C)C)CC2)N=5)=NC1=O. The molecular weight excluding hydrogens is 931 g/mol. The number of benzene rings is 2. The number of fused-ring (bicyclic) bond motifs is 13. The molecule has 2 saturated heterocycles. The number of aromatic hydroxyl groups is 2. The van der Waals surface area contributed by atoms with Crippen molar-refractivity contribution in [2.24, 2.45) is 45.5 Å². The van der Waals surface area contributed by atoms with E-state index in [2.05, 4.69) is 34.0 Å². The van der Waals surface area contributed by atoms with Crippen LogP contribution in [0.4, 0.5) is 5.69 Å². The predicted octanol–water partition coefficient (Wildman–Crippen LogP) is 7.62. The average molecular weight is 1010 g/mol. The number of allylic oxidation sites excluding steroid dienone is 4. The largest absolute Gasteiger partial charge is 0.507 e. The minimum absolute atomic E-state index is 0.0186. The van der Waals surface area contributed by atoms with Crippen LogP contribution in [-0.4, -0.2) is 124 Å². The number of hydrogen-bond acceptors (Lipinski definition) is 15. The van der Waals surface area contributed by atoms with Crippen LogP contribution in [0.25, 0.3) is 10.8 Å². The molecule has 2 aromatic rings. The zero-order valence-corrected chi connectivity index (χ0v) is 45.3. The lowest BCUT2D eigenvalue weighted by Crippen LogP contribution is -2.47. The van der Waals surface area contributed by atoms with Gasteiger partial charge in [0.1, 0.15) is 40.4 Å². The summed E-state index contributed by atoms with van der Waals surface area (Å²) in [4.78, 5) is 70.2. The van der Waals surface area contributed by atoms with E-state index < -0.39 is 65.2 Å². The van der Waals surface area contributed by atoms with Gasteiger partial charge in [0, 0.05) is 73.8 Å². The molecule has 1 spiro atoms. The number of aliphatic hydroxyl groups is 1. The third-order valence-electron chi connectivity index (χ3n) is 15.5. The van der Waals surface area contributed by atoms with Crippen molar-refractivity contribution >= 4 is 40.1 Å². The van der Waals surface area contributed by atoms with E-state index in [-0.39, 0.29) is 92.2 Å². The van der Waals surface area contributed by atoms with Crippen LogP contribution in [0.15, 0.2) is 45.9 Å². The summed E-state index contributed by atoms with van der Waals surface area (Å²) in [5, 5.41) is 39.4. The number of esters is 2. The minimum Gasteiger partial charge on any atom is -0.507 e. The Balaban J connectivity index is 1.27. The standard InChI is InChI=1S/C57H81N5O11/c1-32(2)29-62-25-22-57(23-26-62)59-45-42-43-48(65)37(7)52-44(42)53(67)56(11,73-52)21-14-13-18-34(4)50(71-41(64)28-40(63)70-31-39-20-16-24-61(12)30-39)38(8)51(72-55(9,10)69)36(6)27-33(3)17-15-19-35(5)54(68)58-47(49(43)66)46(45)60-57/h13-15,17,19,32-34,36,38-39,50-51,59,65-66,69H,16,18,20-31H2,1-12H3/b14-13+,17-15+,35-19-,58-47?/t33-,34+,36+,38-,39?,50+,51+,56+/m0/s1. The van der Waals surface area contributed by atoms with Gasteiger partial charge < -0.3 is 49.4 Å². The third-order valence-corrected chi connectivity index (χ3v) is 15.5. The topological polar surface area (TPSA) is 209 Å². The van der Waals surface area contributed by atoms with Crippen molar-refractivity contribution in [2.75, 3.05) is 51.7 Å². The maximum absolute atomic E-state index is 15.0. The molecule has 6 aliphatic heterocycles. The van der Waals surface area contributed by atoms with E-state index in [0.29, 0.717) is 37.3 Å². The number of nitrogens with one attached hydrogen (secondary N) is 1. The number of anilines is 1. The quantitative estimate of drug-likeness (QED) is 0.0627. The molecule has 6 heterocycles. The van der Waals surface area contributed by atoms with Crippen molar-refractivity contribution < 1.29 is 53.4 Å². The van der Waals surface area contributed by atoms with E-state index in [0.717, 1.165) is 45.6 Å². The maximum Gasteiger partial charge on any atom is 0.317 e. The summed E-state index contributed by atoms with van der Waals surface area (Å²) in [5.41, 5.74) is -1.12. The molecule has 0 saturated carbocycles. The second kappa shape index (κ2) is 22.4. The Bertz CT molecular complexity index is 2660. The normalized spacial score (nSPS) is 30.0. The Morgan fingerprint density at radius 2 is 1.68 bits per heavy atom. The molecule has 400 valence electrons. The molecule has 0 aromatic heterocycles. The number of carbonyl (C=O) groups excluding carboxylic acids is 4. The number of piperidine rings is 2. The molecule has 0 radical (unpaired) electrons. The highest BCUT2D eigenvalue weighted by Gasteiger charge is 2.49. The first-order valence-electron chi connectivity index (χ1n) is 26.6. The zero-order valence-electron chi connectivity index (χ0n) is 45.3. The number of ketones is 1. The first-order chi connectivity index (χ1) is 34.3. The summed E-state index contributed by atoms with van der Waals surface area (Å²) in [6.45, 7) is 24.9. The molecule has 16 nitrogen and oxygen atoms in total. The average Bonchev–Trinajstić information content (AvgIpc) is 3.81. The molecule has 2 fully saturated rings. The van der Waals surface area contributed by atoms with Gasteiger partial charge in [-0.05, 0) is 97.6 Å². The second-order valence-electron chi connectivity index (χ2n) is 23.2. The number of amides is 1. The summed E-state index contributed by atoms with van der Waals surface area (Å²) in [5.74, 6) is -4.85. The fourth-order valence-electron chi connectivity index (χ4n) is 11.7.